The van der Waals surface area contributed by atoms with Crippen molar-refractivity contribution < 1.29 is 8.78 Å². The lowest BCUT2D eigenvalue weighted by Crippen LogP contribution is -1.94. The largest absolute Gasteiger partial charge is 0.233 e. The molecule has 0 amide bonds. The molecule has 0 bridgehead atoms. The third kappa shape index (κ3) is 1.66. The zero-order chi connectivity index (χ0) is 11.2. The van der Waals surface area contributed by atoms with E-state index in [1.807, 2.05) is 0 Å². The second-order valence-corrected chi connectivity index (χ2v) is 3.94. The van der Waals surface area contributed by atoms with Crippen molar-refractivity contribution in [3.05, 3.63) is 39.5 Å². The minimum absolute atomic E-state index is 0.0367. The number of benzene rings is 1. The summed E-state index contributed by atoms with van der Waals surface area (Å²) in [7, 11) is 0. The number of fused-ring (bicyclic) bond motifs is 1. The van der Waals surface area contributed by atoms with E-state index < -0.39 is 11.6 Å². The number of rotatable bonds is 0. The SMILES string of the molecule is Cc1cc2c(Cl)cc(Cl)nc2c(F)c1F. The number of hydrogen-bond donors (Lipinski definition) is 0. The fraction of sp³-hybridized carbons (Fsp3) is 0.100. The van der Waals surface area contributed by atoms with E-state index in [2.05, 4.69) is 4.98 Å². The van der Waals surface area contributed by atoms with Gasteiger partial charge in [-0.15, -0.1) is 0 Å². The van der Waals surface area contributed by atoms with E-state index in [9.17, 15) is 8.78 Å². The average Bonchev–Trinajstić information content (AvgIpc) is 2.17. The molecule has 78 valence electrons. The first-order valence-electron chi connectivity index (χ1n) is 4.11. The fourth-order valence-electron chi connectivity index (χ4n) is 1.36. The Morgan fingerprint density at radius 3 is 2.47 bits per heavy atom. The van der Waals surface area contributed by atoms with Gasteiger partial charge in [-0.05, 0) is 24.6 Å². The predicted octanol–water partition coefficient (Wildman–Crippen LogP) is 4.13. The summed E-state index contributed by atoms with van der Waals surface area (Å²) >= 11 is 11.4. The fourth-order valence-corrected chi connectivity index (χ4v) is 1.85. The highest BCUT2D eigenvalue weighted by molar-refractivity contribution is 6.37. The quantitative estimate of drug-likeness (QED) is 0.639. The Bertz CT molecular complexity index is 555. The van der Waals surface area contributed by atoms with Crippen molar-refractivity contribution in [3.63, 3.8) is 0 Å². The minimum Gasteiger partial charge on any atom is -0.233 e. The summed E-state index contributed by atoms with van der Waals surface area (Å²) in [6, 6.07) is 2.83. The van der Waals surface area contributed by atoms with Gasteiger partial charge in [0.1, 0.15) is 10.7 Å². The van der Waals surface area contributed by atoms with E-state index >= 15 is 0 Å². The van der Waals surface area contributed by atoms with Gasteiger partial charge in [-0.2, -0.15) is 0 Å². The Morgan fingerprint density at radius 1 is 1.13 bits per heavy atom. The first-order chi connectivity index (χ1) is 7.00. The van der Waals surface area contributed by atoms with Gasteiger partial charge >= 0.3 is 0 Å². The van der Waals surface area contributed by atoms with E-state index in [-0.39, 0.29) is 21.3 Å². The van der Waals surface area contributed by atoms with Gasteiger partial charge in [-0.25, -0.2) is 13.8 Å². The molecule has 0 N–H and O–H groups in total. The standard InChI is InChI=1S/C10H5Cl2F2N/c1-4-2-5-6(11)3-7(12)15-10(5)9(14)8(4)13/h2-3H,1H3. The molecular weight excluding hydrogens is 243 g/mol. The molecule has 0 saturated carbocycles. The summed E-state index contributed by atoms with van der Waals surface area (Å²) in [6.45, 7) is 1.46. The Morgan fingerprint density at radius 2 is 1.80 bits per heavy atom. The summed E-state index contributed by atoms with van der Waals surface area (Å²) in [5, 5.41) is 0.652. The smallest absolute Gasteiger partial charge is 0.185 e. The van der Waals surface area contributed by atoms with Gasteiger partial charge in [-0.1, -0.05) is 23.2 Å². The monoisotopic (exact) mass is 247 g/mol. The summed E-state index contributed by atoms with van der Waals surface area (Å²) in [4.78, 5) is 3.70. The Hall–Kier alpha value is -0.930. The number of halogens is 4. The lowest BCUT2D eigenvalue weighted by Gasteiger charge is -2.05. The van der Waals surface area contributed by atoms with Crippen molar-refractivity contribution in [3.8, 4) is 0 Å². The van der Waals surface area contributed by atoms with Gasteiger partial charge < -0.3 is 0 Å². The zero-order valence-electron chi connectivity index (χ0n) is 7.61. The first-order valence-corrected chi connectivity index (χ1v) is 4.86. The molecule has 5 heteroatoms. The van der Waals surface area contributed by atoms with Gasteiger partial charge in [0.2, 0.25) is 0 Å². The van der Waals surface area contributed by atoms with Crippen LogP contribution in [0.3, 0.4) is 0 Å². The average molecular weight is 248 g/mol. The van der Waals surface area contributed by atoms with Crippen LogP contribution in [0.4, 0.5) is 8.78 Å². The lowest BCUT2D eigenvalue weighted by atomic mass is 10.1. The van der Waals surface area contributed by atoms with Crippen LogP contribution >= 0.6 is 23.2 Å². The molecule has 1 nitrogen and oxygen atoms in total. The first kappa shape index (κ1) is 10.6. The topological polar surface area (TPSA) is 12.9 Å². The maximum atomic E-state index is 13.5. The van der Waals surface area contributed by atoms with Crippen molar-refractivity contribution in [2.45, 2.75) is 6.92 Å². The lowest BCUT2D eigenvalue weighted by molar-refractivity contribution is 0.510. The van der Waals surface area contributed by atoms with Crippen molar-refractivity contribution in [1.29, 1.82) is 0 Å². The molecule has 0 fully saturated rings. The summed E-state index contributed by atoms with van der Waals surface area (Å²) in [5.41, 5.74) is 0.0432. The summed E-state index contributed by atoms with van der Waals surface area (Å²) < 4.78 is 26.7. The molecule has 0 unspecified atom stereocenters. The molecule has 15 heavy (non-hydrogen) atoms. The minimum atomic E-state index is -1.02. The maximum Gasteiger partial charge on any atom is 0.185 e. The van der Waals surface area contributed by atoms with Crippen molar-refractivity contribution >= 4 is 34.1 Å². The second-order valence-electron chi connectivity index (χ2n) is 3.14. The van der Waals surface area contributed by atoms with Gasteiger partial charge in [0.15, 0.2) is 11.6 Å². The second kappa shape index (κ2) is 3.58. The van der Waals surface area contributed by atoms with Crippen LogP contribution in [0.5, 0.6) is 0 Å². The Kier molecular flexibility index (Phi) is 2.52. The van der Waals surface area contributed by atoms with E-state index in [1.165, 1.54) is 19.1 Å². The van der Waals surface area contributed by atoms with E-state index in [0.717, 1.165) is 0 Å². The van der Waals surface area contributed by atoms with E-state index in [4.69, 9.17) is 23.2 Å². The third-order valence-electron chi connectivity index (χ3n) is 2.08. The molecule has 0 aliphatic carbocycles. The number of aryl methyl sites for hydroxylation is 1. The molecule has 1 aromatic carbocycles. The van der Waals surface area contributed by atoms with E-state index in [0.29, 0.717) is 5.39 Å². The maximum absolute atomic E-state index is 13.5. The van der Waals surface area contributed by atoms with Gasteiger partial charge in [0, 0.05) is 5.39 Å². The van der Waals surface area contributed by atoms with Crippen LogP contribution in [0.2, 0.25) is 10.2 Å². The van der Waals surface area contributed by atoms with Crippen LogP contribution in [0.1, 0.15) is 5.56 Å². The van der Waals surface area contributed by atoms with Crippen molar-refractivity contribution in [1.82, 2.24) is 4.98 Å². The Labute approximate surface area is 94.6 Å². The predicted molar refractivity (Wildman–Crippen MR) is 56.4 cm³/mol. The highest BCUT2D eigenvalue weighted by Gasteiger charge is 2.14. The van der Waals surface area contributed by atoms with Crippen LogP contribution < -0.4 is 0 Å². The molecule has 0 atom stereocenters. The molecular formula is C10H5Cl2F2N. The van der Waals surface area contributed by atoms with E-state index in [1.54, 1.807) is 0 Å². The third-order valence-corrected chi connectivity index (χ3v) is 2.59. The Balaban J connectivity index is 2.98. The van der Waals surface area contributed by atoms with Gasteiger partial charge in [-0.3, -0.25) is 0 Å². The normalized spacial score (nSPS) is 11.0. The molecule has 0 radical (unpaired) electrons. The van der Waals surface area contributed by atoms with Gasteiger partial charge in [0.05, 0.1) is 5.02 Å². The molecule has 1 aromatic heterocycles. The number of pyridine rings is 1. The molecule has 0 aliphatic heterocycles. The van der Waals surface area contributed by atoms with Gasteiger partial charge in [0.25, 0.3) is 0 Å². The highest BCUT2D eigenvalue weighted by Crippen LogP contribution is 2.29. The van der Waals surface area contributed by atoms with Crippen molar-refractivity contribution in [2.75, 3.05) is 0 Å². The van der Waals surface area contributed by atoms with Crippen LogP contribution in [0.25, 0.3) is 10.9 Å². The van der Waals surface area contributed by atoms with Crippen LogP contribution in [0, 0.1) is 18.6 Å². The number of nitrogens with zero attached hydrogens (tertiary/aromatic N) is 1. The summed E-state index contributed by atoms with van der Waals surface area (Å²) in [6.07, 6.45) is 0. The molecule has 2 aromatic rings. The van der Waals surface area contributed by atoms with Crippen LogP contribution in [-0.4, -0.2) is 4.98 Å². The molecule has 2 rings (SSSR count). The molecule has 0 aliphatic rings. The summed E-state index contributed by atoms with van der Waals surface area (Å²) in [5.74, 6) is -1.94. The number of aromatic nitrogens is 1. The van der Waals surface area contributed by atoms with Crippen molar-refractivity contribution in [2.24, 2.45) is 0 Å². The highest BCUT2D eigenvalue weighted by atomic mass is 35.5. The molecule has 0 spiro atoms. The zero-order valence-corrected chi connectivity index (χ0v) is 9.13. The van der Waals surface area contributed by atoms with Crippen LogP contribution in [-0.2, 0) is 0 Å². The van der Waals surface area contributed by atoms with Crippen LogP contribution in [0.15, 0.2) is 12.1 Å². The number of hydrogen-bond acceptors (Lipinski definition) is 1. The molecule has 1 heterocycles. The molecule has 0 saturated heterocycles.